The molecule has 6 nitrogen and oxygen atoms in total. The van der Waals surface area contributed by atoms with Crippen molar-refractivity contribution in [3.8, 4) is 5.75 Å². The summed E-state index contributed by atoms with van der Waals surface area (Å²) < 4.78 is 10.6. The van der Waals surface area contributed by atoms with Gasteiger partial charge in [0.25, 0.3) is 0 Å². The molecule has 1 aromatic carbocycles. The second kappa shape index (κ2) is 9.19. The molecule has 7 heteroatoms. The summed E-state index contributed by atoms with van der Waals surface area (Å²) >= 11 is 1.77. The normalized spacial score (nSPS) is 15.0. The number of benzene rings is 1. The van der Waals surface area contributed by atoms with E-state index in [0.717, 1.165) is 54.7 Å². The zero-order chi connectivity index (χ0) is 19.2. The van der Waals surface area contributed by atoms with Gasteiger partial charge < -0.3 is 19.3 Å². The van der Waals surface area contributed by atoms with Crippen LogP contribution in [0.4, 0.5) is 5.13 Å². The van der Waals surface area contributed by atoms with Gasteiger partial charge in [0.2, 0.25) is 0 Å². The molecule has 2 heterocycles. The third kappa shape index (κ3) is 5.43. The molecule has 1 aromatic heterocycles. The highest BCUT2D eigenvalue weighted by atomic mass is 32.1. The summed E-state index contributed by atoms with van der Waals surface area (Å²) in [6, 6.07) is 7.59. The molecule has 1 saturated heterocycles. The third-order valence-electron chi connectivity index (χ3n) is 4.74. The first-order valence-corrected chi connectivity index (χ1v) is 10.0. The van der Waals surface area contributed by atoms with Crippen LogP contribution in [-0.2, 0) is 22.4 Å². The summed E-state index contributed by atoms with van der Waals surface area (Å²) in [7, 11) is 3.56. The Hall–Kier alpha value is -2.12. The molecule has 0 unspecified atom stereocenters. The summed E-state index contributed by atoms with van der Waals surface area (Å²) in [5, 5.41) is 1.12. The fourth-order valence-corrected chi connectivity index (χ4v) is 4.03. The monoisotopic (exact) mass is 389 g/mol. The second-order valence-corrected chi connectivity index (χ2v) is 7.97. The van der Waals surface area contributed by atoms with Crippen LogP contribution in [0.3, 0.4) is 0 Å². The number of hydrogen-bond donors (Lipinski definition) is 0. The van der Waals surface area contributed by atoms with Crippen LogP contribution in [0.25, 0.3) is 0 Å². The molecule has 0 saturated carbocycles. The van der Waals surface area contributed by atoms with E-state index in [9.17, 15) is 4.79 Å². The van der Waals surface area contributed by atoms with E-state index in [1.807, 2.05) is 24.3 Å². The van der Waals surface area contributed by atoms with E-state index in [0.29, 0.717) is 6.61 Å². The van der Waals surface area contributed by atoms with Gasteiger partial charge in [0.05, 0.1) is 25.8 Å². The Morgan fingerprint density at radius 2 is 2.04 bits per heavy atom. The molecule has 0 amide bonds. The number of likely N-dealkylation sites (N-methyl/N-ethyl adjacent to an activating group) is 1. The van der Waals surface area contributed by atoms with Crippen LogP contribution < -0.4 is 9.64 Å². The maximum atomic E-state index is 11.4. The van der Waals surface area contributed by atoms with Crippen LogP contribution in [0.1, 0.15) is 16.1 Å². The number of carbonyl (C=O) groups is 1. The van der Waals surface area contributed by atoms with Gasteiger partial charge in [0.1, 0.15) is 5.75 Å². The number of anilines is 1. The van der Waals surface area contributed by atoms with E-state index < -0.39 is 0 Å². The fraction of sp³-hybridized carbons (Fsp3) is 0.500. The first-order valence-electron chi connectivity index (χ1n) is 9.23. The molecule has 27 heavy (non-hydrogen) atoms. The minimum absolute atomic E-state index is 0.248. The largest absolute Gasteiger partial charge is 0.493 e. The van der Waals surface area contributed by atoms with Crippen LogP contribution in [0.15, 0.2) is 24.3 Å². The van der Waals surface area contributed by atoms with E-state index in [4.69, 9.17) is 14.5 Å². The van der Waals surface area contributed by atoms with Gasteiger partial charge in [-0.2, -0.15) is 0 Å². The van der Waals surface area contributed by atoms with Crippen molar-refractivity contribution < 1.29 is 14.3 Å². The lowest BCUT2D eigenvalue weighted by Crippen LogP contribution is -2.44. The van der Waals surface area contributed by atoms with E-state index in [1.54, 1.807) is 11.3 Å². The molecule has 3 rings (SSSR count). The predicted molar refractivity (Wildman–Crippen MR) is 108 cm³/mol. The van der Waals surface area contributed by atoms with Gasteiger partial charge in [-0.25, -0.2) is 4.98 Å². The fourth-order valence-electron chi connectivity index (χ4n) is 3.03. The van der Waals surface area contributed by atoms with Crippen LogP contribution in [-0.4, -0.2) is 62.8 Å². The van der Waals surface area contributed by atoms with Crippen molar-refractivity contribution in [1.29, 1.82) is 0 Å². The lowest BCUT2D eigenvalue weighted by atomic mass is 10.1. The number of aryl methyl sites for hydroxylation is 1. The van der Waals surface area contributed by atoms with E-state index in [2.05, 4.69) is 23.8 Å². The SMILES string of the molecule is COC(=O)Cc1cccc(OCCc2nc(N3CCN(C)CC3)sc2C)c1. The van der Waals surface area contributed by atoms with Gasteiger partial charge in [-0.3, -0.25) is 4.79 Å². The molecule has 0 aliphatic carbocycles. The number of methoxy groups -OCH3 is 1. The molecule has 1 aliphatic heterocycles. The highest BCUT2D eigenvalue weighted by Gasteiger charge is 2.18. The van der Waals surface area contributed by atoms with Gasteiger partial charge in [-0.05, 0) is 31.7 Å². The lowest BCUT2D eigenvalue weighted by molar-refractivity contribution is -0.139. The number of hydrogen-bond acceptors (Lipinski definition) is 7. The standard InChI is InChI=1S/C20H27N3O3S/c1-15-18(21-20(27-15)23-10-8-22(2)9-11-23)7-12-26-17-6-4-5-16(13-17)14-19(24)25-3/h4-6,13H,7-12,14H2,1-3H3. The summed E-state index contributed by atoms with van der Waals surface area (Å²) in [6.45, 7) is 6.93. The van der Waals surface area contributed by atoms with Crippen LogP contribution in [0.5, 0.6) is 5.75 Å². The van der Waals surface area contributed by atoms with Gasteiger partial charge >= 0.3 is 5.97 Å². The molecular weight excluding hydrogens is 362 g/mol. The summed E-state index contributed by atoms with van der Waals surface area (Å²) in [4.78, 5) is 22.2. The maximum Gasteiger partial charge on any atom is 0.309 e. The Kier molecular flexibility index (Phi) is 6.68. The molecule has 0 N–H and O–H groups in total. The molecule has 0 atom stereocenters. The average Bonchev–Trinajstić information content (AvgIpc) is 3.03. The third-order valence-corrected chi connectivity index (χ3v) is 5.81. The van der Waals surface area contributed by atoms with Crippen molar-refractivity contribution in [2.24, 2.45) is 0 Å². The van der Waals surface area contributed by atoms with Gasteiger partial charge in [-0.15, -0.1) is 11.3 Å². The Labute approximate surface area is 164 Å². The van der Waals surface area contributed by atoms with Crippen LogP contribution >= 0.6 is 11.3 Å². The van der Waals surface area contributed by atoms with Crippen molar-refractivity contribution in [2.45, 2.75) is 19.8 Å². The maximum absolute atomic E-state index is 11.4. The van der Waals surface area contributed by atoms with Crippen molar-refractivity contribution >= 4 is 22.4 Å². The zero-order valence-electron chi connectivity index (χ0n) is 16.2. The Morgan fingerprint density at radius 3 is 2.78 bits per heavy atom. The van der Waals surface area contributed by atoms with Gasteiger partial charge in [-0.1, -0.05) is 12.1 Å². The van der Waals surface area contributed by atoms with Crippen molar-refractivity contribution in [2.75, 3.05) is 51.8 Å². The Bertz CT molecular complexity index is 770. The van der Waals surface area contributed by atoms with Crippen LogP contribution in [0, 0.1) is 6.92 Å². The number of thiazole rings is 1. The van der Waals surface area contributed by atoms with Gasteiger partial charge in [0.15, 0.2) is 5.13 Å². The van der Waals surface area contributed by atoms with Crippen molar-refractivity contribution in [3.05, 3.63) is 40.4 Å². The predicted octanol–water partition coefficient (Wildman–Crippen LogP) is 2.54. The number of piperazine rings is 1. The minimum atomic E-state index is -0.248. The Balaban J connectivity index is 1.53. The first kappa shape index (κ1) is 19.6. The Morgan fingerprint density at radius 1 is 1.26 bits per heavy atom. The molecular formula is C20H27N3O3S. The smallest absolute Gasteiger partial charge is 0.309 e. The van der Waals surface area contributed by atoms with E-state index >= 15 is 0 Å². The first-order chi connectivity index (χ1) is 13.0. The van der Waals surface area contributed by atoms with Crippen molar-refractivity contribution in [3.63, 3.8) is 0 Å². The molecule has 0 bridgehead atoms. The molecule has 0 radical (unpaired) electrons. The summed E-state index contributed by atoms with van der Waals surface area (Å²) in [5.41, 5.74) is 2.00. The number of esters is 1. The topological polar surface area (TPSA) is 54.9 Å². The summed E-state index contributed by atoms with van der Waals surface area (Å²) in [5.74, 6) is 0.519. The summed E-state index contributed by atoms with van der Waals surface area (Å²) in [6.07, 6.45) is 1.03. The molecule has 2 aromatic rings. The lowest BCUT2D eigenvalue weighted by Gasteiger charge is -2.32. The molecule has 1 aliphatic rings. The number of ether oxygens (including phenoxy) is 2. The second-order valence-electron chi connectivity index (χ2n) is 6.79. The quantitative estimate of drug-likeness (QED) is 0.679. The zero-order valence-corrected chi connectivity index (χ0v) is 17.1. The van der Waals surface area contributed by atoms with Crippen molar-refractivity contribution in [1.82, 2.24) is 9.88 Å². The highest BCUT2D eigenvalue weighted by molar-refractivity contribution is 7.15. The molecule has 1 fully saturated rings. The minimum Gasteiger partial charge on any atom is -0.493 e. The highest BCUT2D eigenvalue weighted by Crippen LogP contribution is 2.27. The number of rotatable bonds is 7. The molecule has 146 valence electrons. The molecule has 0 spiro atoms. The average molecular weight is 390 g/mol. The van der Waals surface area contributed by atoms with E-state index in [1.165, 1.54) is 12.0 Å². The van der Waals surface area contributed by atoms with Crippen LogP contribution in [0.2, 0.25) is 0 Å². The van der Waals surface area contributed by atoms with Gasteiger partial charge in [0, 0.05) is 37.5 Å². The van der Waals surface area contributed by atoms with E-state index in [-0.39, 0.29) is 12.4 Å². The number of nitrogens with zero attached hydrogens (tertiary/aromatic N) is 3. The number of aromatic nitrogens is 1. The number of carbonyl (C=O) groups excluding carboxylic acids is 1.